The second kappa shape index (κ2) is 9.11. The lowest BCUT2D eigenvalue weighted by molar-refractivity contribution is 0.0955. The highest BCUT2D eigenvalue weighted by Gasteiger charge is 2.09. The van der Waals surface area contributed by atoms with E-state index in [1.807, 2.05) is 13.8 Å². The smallest absolute Gasteiger partial charge is 0.319 e. The van der Waals surface area contributed by atoms with Crippen LogP contribution < -0.4 is 16.0 Å². The highest BCUT2D eigenvalue weighted by molar-refractivity contribution is 5.96. The zero-order valence-electron chi connectivity index (χ0n) is 14.6. The molecule has 0 saturated heterocycles. The van der Waals surface area contributed by atoms with Crippen molar-refractivity contribution in [2.75, 3.05) is 18.4 Å². The van der Waals surface area contributed by atoms with Gasteiger partial charge in [0.1, 0.15) is 0 Å². The molecule has 0 fully saturated rings. The molecule has 1 aliphatic carbocycles. The second-order valence-electron chi connectivity index (χ2n) is 6.13. The molecule has 0 aliphatic heterocycles. The number of anilines is 1. The molecule has 0 atom stereocenters. The Morgan fingerprint density at radius 1 is 1.17 bits per heavy atom. The molecule has 0 unspecified atom stereocenters. The summed E-state index contributed by atoms with van der Waals surface area (Å²) in [4.78, 5) is 23.8. The molecule has 1 aromatic carbocycles. The second-order valence-corrected chi connectivity index (χ2v) is 6.13. The zero-order chi connectivity index (χ0) is 17.4. The molecule has 0 saturated carbocycles. The monoisotopic (exact) mass is 329 g/mol. The molecule has 24 heavy (non-hydrogen) atoms. The van der Waals surface area contributed by atoms with Crippen molar-refractivity contribution >= 4 is 17.6 Å². The molecular formula is C19H27N3O2. The van der Waals surface area contributed by atoms with Crippen LogP contribution in [0.15, 0.2) is 29.8 Å². The maximum absolute atomic E-state index is 12.0. The van der Waals surface area contributed by atoms with Gasteiger partial charge < -0.3 is 16.0 Å². The largest absolute Gasteiger partial charge is 0.352 e. The summed E-state index contributed by atoms with van der Waals surface area (Å²) >= 11 is 0. The number of hydrogen-bond donors (Lipinski definition) is 3. The Morgan fingerprint density at radius 2 is 2.00 bits per heavy atom. The van der Waals surface area contributed by atoms with E-state index in [4.69, 9.17) is 0 Å². The van der Waals surface area contributed by atoms with E-state index in [-0.39, 0.29) is 11.9 Å². The summed E-state index contributed by atoms with van der Waals surface area (Å²) in [5.41, 5.74) is 3.63. The minimum Gasteiger partial charge on any atom is -0.352 e. The van der Waals surface area contributed by atoms with Crippen LogP contribution in [0, 0.1) is 6.92 Å². The molecule has 2 rings (SSSR count). The van der Waals surface area contributed by atoms with Gasteiger partial charge in [-0.2, -0.15) is 0 Å². The number of benzene rings is 1. The molecule has 1 aliphatic rings. The van der Waals surface area contributed by atoms with Crippen LogP contribution in [0.3, 0.4) is 0 Å². The summed E-state index contributed by atoms with van der Waals surface area (Å²) < 4.78 is 0. The van der Waals surface area contributed by atoms with Gasteiger partial charge in [-0.3, -0.25) is 4.79 Å². The van der Waals surface area contributed by atoms with Crippen molar-refractivity contribution in [1.29, 1.82) is 0 Å². The summed E-state index contributed by atoms with van der Waals surface area (Å²) in [5.74, 6) is -0.0997. The molecule has 0 aromatic heterocycles. The van der Waals surface area contributed by atoms with Gasteiger partial charge in [0.2, 0.25) is 0 Å². The van der Waals surface area contributed by atoms with Crippen molar-refractivity contribution in [3.63, 3.8) is 0 Å². The van der Waals surface area contributed by atoms with Gasteiger partial charge in [-0.15, -0.1) is 0 Å². The van der Waals surface area contributed by atoms with Crippen LogP contribution in [0.25, 0.3) is 0 Å². The molecule has 1 aromatic rings. The van der Waals surface area contributed by atoms with Crippen molar-refractivity contribution in [2.24, 2.45) is 0 Å². The van der Waals surface area contributed by atoms with E-state index < -0.39 is 0 Å². The number of rotatable bonds is 6. The van der Waals surface area contributed by atoms with Crippen LogP contribution in [0.2, 0.25) is 0 Å². The van der Waals surface area contributed by atoms with Crippen molar-refractivity contribution < 1.29 is 9.59 Å². The molecular weight excluding hydrogens is 302 g/mol. The first-order valence-corrected chi connectivity index (χ1v) is 8.71. The lowest BCUT2D eigenvalue weighted by Gasteiger charge is -2.14. The number of amides is 3. The third-order valence-corrected chi connectivity index (χ3v) is 4.19. The van der Waals surface area contributed by atoms with Crippen LogP contribution in [0.5, 0.6) is 0 Å². The van der Waals surface area contributed by atoms with Gasteiger partial charge >= 0.3 is 6.03 Å². The average molecular weight is 329 g/mol. The minimum atomic E-state index is -0.208. The Labute approximate surface area is 143 Å². The lowest BCUT2D eigenvalue weighted by Crippen LogP contribution is -2.30. The molecule has 0 heterocycles. The quantitative estimate of drug-likeness (QED) is 0.696. The lowest BCUT2D eigenvalue weighted by atomic mass is 9.97. The number of carbonyl (C=O) groups is 2. The summed E-state index contributed by atoms with van der Waals surface area (Å²) in [6.07, 6.45) is 8.08. The molecule has 0 spiro atoms. The van der Waals surface area contributed by atoms with Gasteiger partial charge in [0.05, 0.1) is 0 Å². The van der Waals surface area contributed by atoms with Crippen LogP contribution >= 0.6 is 0 Å². The van der Waals surface area contributed by atoms with Gasteiger partial charge in [0, 0.05) is 24.3 Å². The fraction of sp³-hybridized carbons (Fsp3) is 0.474. The number of allylic oxidation sites excluding steroid dienone is 1. The minimum absolute atomic E-state index is 0.0997. The van der Waals surface area contributed by atoms with E-state index in [0.29, 0.717) is 18.7 Å². The summed E-state index contributed by atoms with van der Waals surface area (Å²) in [6, 6.07) is 5.07. The first kappa shape index (κ1) is 18.0. The topological polar surface area (TPSA) is 70.2 Å². The maximum Gasteiger partial charge on any atom is 0.319 e. The van der Waals surface area contributed by atoms with Crippen molar-refractivity contribution in [3.8, 4) is 0 Å². The Morgan fingerprint density at radius 3 is 2.67 bits per heavy atom. The van der Waals surface area contributed by atoms with Crippen LogP contribution in [-0.4, -0.2) is 25.0 Å². The molecule has 0 bridgehead atoms. The molecule has 130 valence electrons. The molecule has 0 radical (unpaired) electrons. The highest BCUT2D eigenvalue weighted by Crippen LogP contribution is 2.19. The van der Waals surface area contributed by atoms with E-state index in [0.717, 1.165) is 24.1 Å². The van der Waals surface area contributed by atoms with E-state index in [1.165, 1.54) is 24.8 Å². The fourth-order valence-corrected chi connectivity index (χ4v) is 2.84. The predicted molar refractivity (Wildman–Crippen MR) is 97.4 cm³/mol. The normalized spacial score (nSPS) is 13.8. The Hall–Kier alpha value is -2.30. The third-order valence-electron chi connectivity index (χ3n) is 4.19. The van der Waals surface area contributed by atoms with Gasteiger partial charge in [-0.25, -0.2) is 4.79 Å². The molecule has 5 nitrogen and oxygen atoms in total. The number of nitrogens with one attached hydrogen (secondary N) is 3. The summed E-state index contributed by atoms with van der Waals surface area (Å²) in [7, 11) is 0. The fourth-order valence-electron chi connectivity index (χ4n) is 2.84. The van der Waals surface area contributed by atoms with Gasteiger partial charge in [-0.1, -0.05) is 11.6 Å². The number of carbonyl (C=O) groups excluding carboxylic acids is 2. The van der Waals surface area contributed by atoms with Gasteiger partial charge in [0.25, 0.3) is 5.91 Å². The van der Waals surface area contributed by atoms with Crippen molar-refractivity contribution in [3.05, 3.63) is 41.0 Å². The van der Waals surface area contributed by atoms with E-state index in [2.05, 4.69) is 22.0 Å². The zero-order valence-corrected chi connectivity index (χ0v) is 14.6. The Bertz CT molecular complexity index is 623. The van der Waals surface area contributed by atoms with Crippen LogP contribution in [-0.2, 0) is 0 Å². The highest BCUT2D eigenvalue weighted by atomic mass is 16.2. The molecule has 3 amide bonds. The summed E-state index contributed by atoms with van der Waals surface area (Å²) in [5, 5.41) is 8.50. The molecule has 5 heteroatoms. The van der Waals surface area contributed by atoms with E-state index >= 15 is 0 Å². The number of aryl methyl sites for hydroxylation is 1. The van der Waals surface area contributed by atoms with Crippen molar-refractivity contribution in [1.82, 2.24) is 10.6 Å². The van der Waals surface area contributed by atoms with E-state index in [9.17, 15) is 9.59 Å². The summed E-state index contributed by atoms with van der Waals surface area (Å²) in [6.45, 7) is 5.00. The van der Waals surface area contributed by atoms with Crippen molar-refractivity contribution in [2.45, 2.75) is 46.0 Å². The predicted octanol–water partition coefficient (Wildman–Crippen LogP) is 3.76. The van der Waals surface area contributed by atoms with Gasteiger partial charge in [0.15, 0.2) is 0 Å². The number of urea groups is 1. The molecule has 3 N–H and O–H groups in total. The third kappa shape index (κ3) is 5.41. The Balaban J connectivity index is 1.82. The Kier molecular flexibility index (Phi) is 6.85. The van der Waals surface area contributed by atoms with E-state index in [1.54, 1.807) is 18.2 Å². The van der Waals surface area contributed by atoms with Crippen LogP contribution in [0.4, 0.5) is 10.5 Å². The SMILES string of the molecule is CCNC(=O)c1ccc(NC(=O)NCCC2=CCCCC2)c(C)c1. The van der Waals surface area contributed by atoms with Crippen LogP contribution in [0.1, 0.15) is 54.9 Å². The standard InChI is InChI=1S/C19H27N3O2/c1-3-20-18(23)16-9-10-17(14(2)13-16)22-19(24)21-12-11-15-7-5-4-6-8-15/h7,9-10,13H,3-6,8,11-12H2,1-2H3,(H,20,23)(H2,21,22,24). The van der Waals surface area contributed by atoms with Gasteiger partial charge in [-0.05, 0) is 69.7 Å². The number of hydrogen-bond acceptors (Lipinski definition) is 2. The average Bonchev–Trinajstić information content (AvgIpc) is 2.58. The first-order chi connectivity index (χ1) is 11.6. The first-order valence-electron chi connectivity index (χ1n) is 8.71. The maximum atomic E-state index is 12.0.